The minimum Gasteiger partial charge on any atom is -0.215 e. The Hall–Kier alpha value is 0.200. The van der Waals surface area contributed by atoms with Crippen LogP contribution in [0.4, 0.5) is 0 Å². The molecule has 0 rings (SSSR count). The molecule has 1 atom stereocenters. The molecule has 0 spiro atoms. The van der Waals surface area contributed by atoms with Crippen LogP contribution in [-0.4, -0.2) is 26.6 Å². The van der Waals surface area contributed by atoms with Gasteiger partial charge in [-0.15, -0.1) is 11.6 Å². The van der Waals surface area contributed by atoms with Crippen molar-refractivity contribution in [3.05, 3.63) is 0 Å². The summed E-state index contributed by atoms with van der Waals surface area (Å²) in [6.07, 6.45) is 1.88. The van der Waals surface area contributed by atoms with Crippen molar-refractivity contribution in [2.75, 3.05) is 18.2 Å². The smallest absolute Gasteiger partial charge is 0.211 e. The maximum absolute atomic E-state index is 11.3. The Morgan fingerprint density at radius 1 is 1.46 bits per heavy atom. The summed E-state index contributed by atoms with van der Waals surface area (Å²) in [6, 6.07) is 0. The topological polar surface area (TPSA) is 46.2 Å². The molecular weight excluding hydrogens is 210 g/mol. The number of sulfonamides is 1. The highest BCUT2D eigenvalue weighted by Crippen LogP contribution is 2.01. The SMILES string of the molecule is CCCCNS(=O)(=O)CC(C)CCl. The molecule has 0 aliphatic heterocycles. The van der Waals surface area contributed by atoms with E-state index in [4.69, 9.17) is 11.6 Å². The molecule has 1 N–H and O–H groups in total. The first kappa shape index (κ1) is 13.2. The first-order valence-electron chi connectivity index (χ1n) is 4.55. The Morgan fingerprint density at radius 2 is 2.08 bits per heavy atom. The molecule has 0 fully saturated rings. The standard InChI is InChI=1S/C8H18ClNO2S/c1-3-4-5-10-13(11,12)7-8(2)6-9/h8,10H,3-7H2,1-2H3. The predicted molar refractivity (Wildman–Crippen MR) is 56.6 cm³/mol. The van der Waals surface area contributed by atoms with E-state index < -0.39 is 10.0 Å². The Labute approximate surface area is 85.9 Å². The molecule has 0 saturated carbocycles. The molecule has 0 saturated heterocycles. The van der Waals surface area contributed by atoms with Crippen molar-refractivity contribution in [3.8, 4) is 0 Å². The third-order valence-corrected chi connectivity index (χ3v) is 3.80. The van der Waals surface area contributed by atoms with E-state index in [9.17, 15) is 8.42 Å². The fraction of sp³-hybridized carbons (Fsp3) is 1.00. The monoisotopic (exact) mass is 227 g/mol. The number of hydrogen-bond acceptors (Lipinski definition) is 2. The van der Waals surface area contributed by atoms with Crippen LogP contribution in [0.1, 0.15) is 26.7 Å². The predicted octanol–water partition coefficient (Wildman–Crippen LogP) is 1.58. The number of nitrogens with one attached hydrogen (secondary N) is 1. The van der Waals surface area contributed by atoms with Crippen molar-refractivity contribution in [2.45, 2.75) is 26.7 Å². The van der Waals surface area contributed by atoms with Gasteiger partial charge in [0.25, 0.3) is 0 Å². The highest BCUT2D eigenvalue weighted by molar-refractivity contribution is 7.89. The van der Waals surface area contributed by atoms with Crippen LogP contribution in [0.5, 0.6) is 0 Å². The third-order valence-electron chi connectivity index (χ3n) is 1.62. The summed E-state index contributed by atoms with van der Waals surface area (Å²) in [4.78, 5) is 0. The summed E-state index contributed by atoms with van der Waals surface area (Å²) in [5.74, 6) is 0.523. The molecule has 1 unspecified atom stereocenters. The van der Waals surface area contributed by atoms with Crippen LogP contribution in [0, 0.1) is 5.92 Å². The highest BCUT2D eigenvalue weighted by Gasteiger charge is 2.13. The van der Waals surface area contributed by atoms with Crippen molar-refractivity contribution in [1.82, 2.24) is 4.72 Å². The molecule has 0 aliphatic rings. The van der Waals surface area contributed by atoms with Crippen molar-refractivity contribution >= 4 is 21.6 Å². The maximum Gasteiger partial charge on any atom is 0.211 e. The van der Waals surface area contributed by atoms with Gasteiger partial charge in [-0.2, -0.15) is 0 Å². The average molecular weight is 228 g/mol. The van der Waals surface area contributed by atoms with Crippen LogP contribution in [0.3, 0.4) is 0 Å². The summed E-state index contributed by atoms with van der Waals surface area (Å²) >= 11 is 5.53. The van der Waals surface area contributed by atoms with Gasteiger partial charge in [-0.05, 0) is 12.3 Å². The molecule has 0 radical (unpaired) electrons. The highest BCUT2D eigenvalue weighted by atomic mass is 35.5. The number of rotatable bonds is 7. The Bertz CT molecular complexity index is 216. The summed E-state index contributed by atoms with van der Waals surface area (Å²) < 4.78 is 25.1. The quantitative estimate of drug-likeness (QED) is 0.530. The number of unbranched alkanes of at least 4 members (excludes halogenated alkanes) is 1. The van der Waals surface area contributed by atoms with Crippen LogP contribution < -0.4 is 4.72 Å². The minimum absolute atomic E-state index is 0.0146. The van der Waals surface area contributed by atoms with Crippen molar-refractivity contribution < 1.29 is 8.42 Å². The average Bonchev–Trinajstić information content (AvgIpc) is 2.03. The van der Waals surface area contributed by atoms with E-state index in [1.54, 1.807) is 0 Å². The normalized spacial score (nSPS) is 14.4. The van der Waals surface area contributed by atoms with E-state index in [-0.39, 0.29) is 11.7 Å². The van der Waals surface area contributed by atoms with Crippen molar-refractivity contribution in [2.24, 2.45) is 5.92 Å². The zero-order valence-corrected chi connectivity index (χ0v) is 9.79. The molecule has 0 heterocycles. The molecule has 0 aromatic heterocycles. The number of halogens is 1. The van der Waals surface area contributed by atoms with Gasteiger partial charge in [0.2, 0.25) is 10.0 Å². The van der Waals surface area contributed by atoms with Gasteiger partial charge < -0.3 is 0 Å². The van der Waals surface area contributed by atoms with Crippen LogP contribution in [-0.2, 0) is 10.0 Å². The van der Waals surface area contributed by atoms with Gasteiger partial charge in [0.1, 0.15) is 0 Å². The number of hydrogen-bond donors (Lipinski definition) is 1. The Kier molecular flexibility index (Phi) is 6.73. The van der Waals surface area contributed by atoms with Gasteiger partial charge >= 0.3 is 0 Å². The van der Waals surface area contributed by atoms with Crippen LogP contribution in [0.25, 0.3) is 0 Å². The largest absolute Gasteiger partial charge is 0.215 e. The fourth-order valence-electron chi connectivity index (χ4n) is 0.882. The molecule has 0 aromatic rings. The molecule has 0 bridgehead atoms. The van der Waals surface area contributed by atoms with E-state index in [2.05, 4.69) is 4.72 Å². The van der Waals surface area contributed by atoms with Gasteiger partial charge in [-0.25, -0.2) is 13.1 Å². The van der Waals surface area contributed by atoms with Crippen molar-refractivity contribution in [3.63, 3.8) is 0 Å². The van der Waals surface area contributed by atoms with E-state index in [0.29, 0.717) is 12.4 Å². The van der Waals surface area contributed by atoms with Gasteiger partial charge in [-0.3, -0.25) is 0 Å². The first-order valence-corrected chi connectivity index (χ1v) is 6.73. The maximum atomic E-state index is 11.3. The molecule has 0 amide bonds. The fourth-order valence-corrected chi connectivity index (χ4v) is 2.56. The van der Waals surface area contributed by atoms with Crippen LogP contribution in [0.2, 0.25) is 0 Å². The number of alkyl halides is 1. The van der Waals surface area contributed by atoms with Crippen molar-refractivity contribution in [1.29, 1.82) is 0 Å². The minimum atomic E-state index is -3.10. The van der Waals surface area contributed by atoms with Crippen LogP contribution >= 0.6 is 11.6 Å². The summed E-state index contributed by atoms with van der Waals surface area (Å²) in [7, 11) is -3.10. The lowest BCUT2D eigenvalue weighted by molar-refractivity contribution is 0.566. The molecular formula is C8H18ClNO2S. The second kappa shape index (κ2) is 6.62. The van der Waals surface area contributed by atoms with Crippen LogP contribution in [0.15, 0.2) is 0 Å². The Balaban J connectivity index is 3.81. The van der Waals surface area contributed by atoms with E-state index in [0.717, 1.165) is 12.8 Å². The Morgan fingerprint density at radius 3 is 2.54 bits per heavy atom. The van der Waals surface area contributed by atoms with E-state index in [1.165, 1.54) is 0 Å². The summed E-state index contributed by atoms with van der Waals surface area (Å²) in [5.41, 5.74) is 0. The van der Waals surface area contributed by atoms with Gasteiger partial charge in [0, 0.05) is 12.4 Å². The molecule has 0 aliphatic carbocycles. The molecule has 80 valence electrons. The van der Waals surface area contributed by atoms with Gasteiger partial charge in [0.05, 0.1) is 5.75 Å². The van der Waals surface area contributed by atoms with Gasteiger partial charge in [0.15, 0.2) is 0 Å². The second-order valence-corrected chi connectivity index (χ2v) is 5.45. The first-order chi connectivity index (χ1) is 6.02. The second-order valence-electron chi connectivity index (χ2n) is 3.29. The third kappa shape index (κ3) is 7.28. The lowest BCUT2D eigenvalue weighted by Gasteiger charge is -2.09. The lowest BCUT2D eigenvalue weighted by atomic mass is 10.3. The molecule has 3 nitrogen and oxygen atoms in total. The molecule has 13 heavy (non-hydrogen) atoms. The summed E-state index contributed by atoms with van der Waals surface area (Å²) in [5, 5.41) is 0. The van der Waals surface area contributed by atoms with E-state index >= 15 is 0 Å². The lowest BCUT2D eigenvalue weighted by Crippen LogP contribution is -2.30. The molecule has 5 heteroatoms. The zero-order chi connectivity index (χ0) is 10.3. The molecule has 0 aromatic carbocycles. The van der Waals surface area contributed by atoms with Gasteiger partial charge in [-0.1, -0.05) is 20.3 Å². The summed E-state index contributed by atoms with van der Waals surface area (Å²) in [6.45, 7) is 4.38. The zero-order valence-electron chi connectivity index (χ0n) is 8.22. The van der Waals surface area contributed by atoms with E-state index in [1.807, 2.05) is 13.8 Å².